The van der Waals surface area contributed by atoms with Crippen molar-refractivity contribution in [2.24, 2.45) is 11.7 Å². The Kier molecular flexibility index (Phi) is 6.05. The molecule has 5 heteroatoms. The minimum Gasteiger partial charge on any atom is -0.480 e. The molecular formula is C10H17N3O2. The van der Waals surface area contributed by atoms with Crippen LogP contribution in [-0.4, -0.2) is 22.1 Å². The Morgan fingerprint density at radius 1 is 1.47 bits per heavy atom. The van der Waals surface area contributed by atoms with Gasteiger partial charge in [-0.3, -0.25) is 4.79 Å². The standard InChI is InChI=1S/C5H6N2.C5H11NO2/c6-5-3-1-2-4-7-5;1-3(2)4(6)5(7)8/h1-4H,(H2,6,7);3-4H,6H2,1-2H3,(H,7,8)/t;4-/m.0/s1. The third-order valence-corrected chi connectivity index (χ3v) is 1.69. The minimum atomic E-state index is -0.931. The molecular weight excluding hydrogens is 194 g/mol. The van der Waals surface area contributed by atoms with Crippen molar-refractivity contribution in [2.45, 2.75) is 19.9 Å². The van der Waals surface area contributed by atoms with E-state index in [4.69, 9.17) is 16.6 Å². The monoisotopic (exact) mass is 211 g/mol. The van der Waals surface area contributed by atoms with Gasteiger partial charge in [-0.1, -0.05) is 19.9 Å². The van der Waals surface area contributed by atoms with Crippen LogP contribution < -0.4 is 11.5 Å². The van der Waals surface area contributed by atoms with Crippen LogP contribution in [0.3, 0.4) is 0 Å². The van der Waals surface area contributed by atoms with Gasteiger partial charge in [0, 0.05) is 6.20 Å². The van der Waals surface area contributed by atoms with Crippen LogP contribution in [-0.2, 0) is 4.79 Å². The van der Waals surface area contributed by atoms with E-state index < -0.39 is 12.0 Å². The first kappa shape index (κ1) is 13.4. The van der Waals surface area contributed by atoms with Crippen LogP contribution in [0.1, 0.15) is 13.8 Å². The molecule has 1 aromatic heterocycles. The smallest absolute Gasteiger partial charge is 0.320 e. The SMILES string of the molecule is CC(C)[C@H](N)C(=O)O.Nc1ccccn1. The number of pyridine rings is 1. The lowest BCUT2D eigenvalue weighted by atomic mass is 10.1. The zero-order valence-electron chi connectivity index (χ0n) is 8.92. The number of aromatic nitrogens is 1. The second-order valence-electron chi connectivity index (χ2n) is 3.36. The molecule has 5 N–H and O–H groups in total. The highest BCUT2D eigenvalue weighted by molar-refractivity contribution is 5.73. The molecule has 0 aliphatic rings. The third kappa shape index (κ3) is 6.45. The van der Waals surface area contributed by atoms with E-state index in [-0.39, 0.29) is 5.92 Å². The van der Waals surface area contributed by atoms with E-state index in [9.17, 15) is 4.79 Å². The van der Waals surface area contributed by atoms with E-state index in [1.165, 1.54) is 0 Å². The molecule has 0 bridgehead atoms. The highest BCUT2D eigenvalue weighted by Crippen LogP contribution is 1.96. The lowest BCUT2D eigenvalue weighted by Crippen LogP contribution is -2.34. The van der Waals surface area contributed by atoms with Crippen molar-refractivity contribution in [3.8, 4) is 0 Å². The first-order valence-corrected chi connectivity index (χ1v) is 4.60. The number of aliphatic carboxylic acids is 1. The Labute approximate surface area is 89.1 Å². The van der Waals surface area contributed by atoms with Crippen LogP contribution in [0.4, 0.5) is 5.82 Å². The first-order valence-electron chi connectivity index (χ1n) is 4.60. The Balaban J connectivity index is 0.000000262. The van der Waals surface area contributed by atoms with Crippen LogP contribution >= 0.6 is 0 Å². The molecule has 1 aromatic rings. The summed E-state index contributed by atoms with van der Waals surface area (Å²) >= 11 is 0. The molecule has 0 radical (unpaired) electrons. The van der Waals surface area contributed by atoms with Crippen LogP contribution in [0.25, 0.3) is 0 Å². The fourth-order valence-corrected chi connectivity index (χ4v) is 0.661. The third-order valence-electron chi connectivity index (χ3n) is 1.69. The van der Waals surface area contributed by atoms with E-state index in [0.29, 0.717) is 5.82 Å². The zero-order valence-corrected chi connectivity index (χ0v) is 8.92. The zero-order chi connectivity index (χ0) is 11.8. The van der Waals surface area contributed by atoms with Crippen molar-refractivity contribution in [3.63, 3.8) is 0 Å². The van der Waals surface area contributed by atoms with Crippen molar-refractivity contribution < 1.29 is 9.90 Å². The van der Waals surface area contributed by atoms with Crippen molar-refractivity contribution in [2.75, 3.05) is 5.73 Å². The van der Waals surface area contributed by atoms with Gasteiger partial charge in [0.25, 0.3) is 0 Å². The minimum absolute atomic E-state index is 0.0208. The second-order valence-corrected chi connectivity index (χ2v) is 3.36. The predicted octanol–water partition coefficient (Wildman–Crippen LogP) is 0.718. The summed E-state index contributed by atoms with van der Waals surface area (Å²) in [6, 6.07) is 4.72. The van der Waals surface area contributed by atoms with E-state index in [1.807, 2.05) is 12.1 Å². The molecule has 0 amide bonds. The molecule has 0 saturated heterocycles. The van der Waals surface area contributed by atoms with E-state index in [0.717, 1.165) is 0 Å². The molecule has 0 unspecified atom stereocenters. The lowest BCUT2D eigenvalue weighted by molar-refractivity contribution is -0.139. The van der Waals surface area contributed by atoms with Gasteiger partial charge in [-0.15, -0.1) is 0 Å². The Morgan fingerprint density at radius 2 is 2.07 bits per heavy atom. The number of hydrogen-bond donors (Lipinski definition) is 3. The van der Waals surface area contributed by atoms with Gasteiger partial charge in [-0.2, -0.15) is 0 Å². The first-order chi connectivity index (χ1) is 6.95. The average molecular weight is 211 g/mol. The maximum Gasteiger partial charge on any atom is 0.320 e. The number of nitrogens with two attached hydrogens (primary N) is 2. The highest BCUT2D eigenvalue weighted by Gasteiger charge is 2.14. The largest absolute Gasteiger partial charge is 0.480 e. The number of anilines is 1. The number of hydrogen-bond acceptors (Lipinski definition) is 4. The number of carbonyl (C=O) groups is 1. The van der Waals surface area contributed by atoms with Gasteiger partial charge in [-0.05, 0) is 18.1 Å². The second kappa shape index (κ2) is 6.78. The maximum atomic E-state index is 10.0. The Bertz CT molecular complexity index is 288. The summed E-state index contributed by atoms with van der Waals surface area (Å²) in [6.45, 7) is 3.55. The molecule has 1 atom stereocenters. The van der Waals surface area contributed by atoms with Crippen LogP contribution in [0.5, 0.6) is 0 Å². The molecule has 0 saturated carbocycles. The molecule has 0 aliphatic carbocycles. The molecule has 1 rings (SSSR count). The van der Waals surface area contributed by atoms with Crippen molar-refractivity contribution >= 4 is 11.8 Å². The van der Waals surface area contributed by atoms with Gasteiger partial charge in [-0.25, -0.2) is 4.98 Å². The van der Waals surface area contributed by atoms with Crippen LogP contribution in [0.15, 0.2) is 24.4 Å². The van der Waals surface area contributed by atoms with Crippen molar-refractivity contribution in [3.05, 3.63) is 24.4 Å². The normalized spacial score (nSPS) is 11.5. The van der Waals surface area contributed by atoms with Gasteiger partial charge >= 0.3 is 5.97 Å². The molecule has 1 heterocycles. The number of carboxylic acid groups (broad SMARTS) is 1. The summed E-state index contributed by atoms with van der Waals surface area (Å²) in [5.41, 5.74) is 10.4. The number of carboxylic acids is 1. The summed E-state index contributed by atoms with van der Waals surface area (Å²) in [5, 5.41) is 8.23. The molecule has 84 valence electrons. The van der Waals surface area contributed by atoms with E-state index in [1.54, 1.807) is 26.1 Å². The fraction of sp³-hybridized carbons (Fsp3) is 0.400. The Hall–Kier alpha value is -1.62. The number of nitrogen functional groups attached to an aromatic ring is 1. The quantitative estimate of drug-likeness (QED) is 0.668. The van der Waals surface area contributed by atoms with Gasteiger partial charge in [0.05, 0.1) is 0 Å². The highest BCUT2D eigenvalue weighted by atomic mass is 16.4. The van der Waals surface area contributed by atoms with Crippen LogP contribution in [0, 0.1) is 5.92 Å². The molecule has 5 nitrogen and oxygen atoms in total. The molecule has 0 spiro atoms. The Morgan fingerprint density at radius 3 is 2.20 bits per heavy atom. The van der Waals surface area contributed by atoms with Crippen molar-refractivity contribution in [1.82, 2.24) is 4.98 Å². The number of rotatable bonds is 2. The lowest BCUT2D eigenvalue weighted by Gasteiger charge is -2.07. The summed E-state index contributed by atoms with van der Waals surface area (Å²) in [4.78, 5) is 13.8. The molecule has 15 heavy (non-hydrogen) atoms. The van der Waals surface area contributed by atoms with Gasteiger partial charge in [0.1, 0.15) is 11.9 Å². The van der Waals surface area contributed by atoms with Crippen LogP contribution in [0.2, 0.25) is 0 Å². The summed E-state index contributed by atoms with van der Waals surface area (Å²) in [5.74, 6) is -0.338. The maximum absolute atomic E-state index is 10.0. The van der Waals surface area contributed by atoms with Gasteiger partial charge in [0.15, 0.2) is 0 Å². The van der Waals surface area contributed by atoms with Gasteiger partial charge < -0.3 is 16.6 Å². The summed E-state index contributed by atoms with van der Waals surface area (Å²) < 4.78 is 0. The van der Waals surface area contributed by atoms with E-state index >= 15 is 0 Å². The topological polar surface area (TPSA) is 102 Å². The molecule has 0 fully saturated rings. The molecule has 0 aromatic carbocycles. The van der Waals surface area contributed by atoms with Crippen molar-refractivity contribution in [1.29, 1.82) is 0 Å². The summed E-state index contributed by atoms with van der Waals surface area (Å²) in [7, 11) is 0. The fourth-order valence-electron chi connectivity index (χ4n) is 0.661. The van der Waals surface area contributed by atoms with E-state index in [2.05, 4.69) is 4.98 Å². The van der Waals surface area contributed by atoms with Gasteiger partial charge in [0.2, 0.25) is 0 Å². The summed E-state index contributed by atoms with van der Waals surface area (Å²) in [6.07, 6.45) is 1.66. The predicted molar refractivity (Wildman–Crippen MR) is 59.1 cm³/mol. The molecule has 0 aliphatic heterocycles. The number of nitrogens with zero attached hydrogens (tertiary/aromatic N) is 1. The average Bonchev–Trinajstić information content (AvgIpc) is 2.18.